The molecule has 0 spiro atoms. The summed E-state index contributed by atoms with van der Waals surface area (Å²) in [4.78, 5) is 15.0. The summed E-state index contributed by atoms with van der Waals surface area (Å²) in [5.74, 6) is -0.371. The van der Waals surface area contributed by atoms with Gasteiger partial charge in [-0.3, -0.25) is 15.0 Å². The van der Waals surface area contributed by atoms with E-state index in [1.54, 1.807) is 6.07 Å². The number of nitrogens with two attached hydrogens (primary N) is 1. The fourth-order valence-electron chi connectivity index (χ4n) is 4.42. The van der Waals surface area contributed by atoms with Gasteiger partial charge in [-0.15, -0.1) is 0 Å². The molecule has 3 heterocycles. The summed E-state index contributed by atoms with van der Waals surface area (Å²) in [5, 5.41) is 7.44. The molecule has 0 bridgehead atoms. The minimum atomic E-state index is -0.599. The molecule has 10 heteroatoms. The fourth-order valence-corrected chi connectivity index (χ4v) is 4.42. The largest absolute Gasteiger partial charge is 0.383 e. The highest BCUT2D eigenvalue weighted by Gasteiger charge is 2.23. The predicted molar refractivity (Wildman–Crippen MR) is 128 cm³/mol. The number of nitrogens with one attached hydrogen (secondary N) is 1. The number of nitrogens with zero attached hydrogens (tertiary/aromatic N) is 5. The molecule has 1 aliphatic heterocycles. The van der Waals surface area contributed by atoms with Gasteiger partial charge in [0.15, 0.2) is 0 Å². The highest BCUT2D eigenvalue weighted by molar-refractivity contribution is 6.11. The van der Waals surface area contributed by atoms with Gasteiger partial charge in [0.2, 0.25) is 0 Å². The number of morpholine rings is 1. The van der Waals surface area contributed by atoms with E-state index in [4.69, 9.17) is 20.9 Å². The smallest absolute Gasteiger partial charge is 0.149 e. The topological polar surface area (TPSA) is 105 Å². The monoisotopic (exact) mass is 463 g/mol. The van der Waals surface area contributed by atoms with Gasteiger partial charge in [-0.25, -0.2) is 18.8 Å². The first-order valence-electron chi connectivity index (χ1n) is 11.0. The van der Waals surface area contributed by atoms with Gasteiger partial charge in [0.1, 0.15) is 40.7 Å². The number of fused-ring (bicyclic) bond motifs is 2. The molecule has 0 atom stereocenters. The molecular formula is C24H23F2N7O. The summed E-state index contributed by atoms with van der Waals surface area (Å²) in [6.07, 6.45) is 2.88. The lowest BCUT2D eigenvalue weighted by atomic mass is 10.1. The Morgan fingerprint density at radius 1 is 1.18 bits per heavy atom. The van der Waals surface area contributed by atoms with E-state index in [9.17, 15) is 4.39 Å². The number of ether oxygens (including phenoxy) is 1. The van der Waals surface area contributed by atoms with E-state index in [0.29, 0.717) is 60.8 Å². The second-order valence-electron chi connectivity index (χ2n) is 7.90. The van der Waals surface area contributed by atoms with Gasteiger partial charge < -0.3 is 15.4 Å². The van der Waals surface area contributed by atoms with Crippen LogP contribution in [-0.4, -0.2) is 53.0 Å². The Morgan fingerprint density at radius 3 is 2.68 bits per heavy atom. The Balaban J connectivity index is 1.87. The number of aliphatic imine (C=N–C) groups is 1. The van der Waals surface area contributed by atoms with Gasteiger partial charge in [-0.1, -0.05) is 6.92 Å². The molecule has 0 unspecified atom stereocenters. The van der Waals surface area contributed by atoms with Crippen molar-refractivity contribution < 1.29 is 13.5 Å². The van der Waals surface area contributed by atoms with Crippen LogP contribution in [0.25, 0.3) is 27.6 Å². The van der Waals surface area contributed by atoms with Crippen LogP contribution in [0.2, 0.25) is 0 Å². The van der Waals surface area contributed by atoms with E-state index >= 15 is 4.39 Å². The lowest BCUT2D eigenvalue weighted by Crippen LogP contribution is -2.36. The summed E-state index contributed by atoms with van der Waals surface area (Å²) < 4.78 is 36.8. The normalized spacial score (nSPS) is 14.8. The van der Waals surface area contributed by atoms with Gasteiger partial charge in [0, 0.05) is 37.0 Å². The van der Waals surface area contributed by atoms with Crippen molar-refractivity contribution in [3.05, 3.63) is 59.6 Å². The number of hydrogen-bond donors (Lipinski definition) is 2. The number of hydrogen-bond acceptors (Lipinski definition) is 5. The number of aromatic nitrogens is 3. The van der Waals surface area contributed by atoms with E-state index in [2.05, 4.69) is 14.9 Å². The quantitative estimate of drug-likeness (QED) is 0.348. The van der Waals surface area contributed by atoms with Crippen LogP contribution >= 0.6 is 0 Å². The van der Waals surface area contributed by atoms with Crippen molar-refractivity contribution in [1.82, 2.24) is 14.5 Å². The summed E-state index contributed by atoms with van der Waals surface area (Å²) in [7, 11) is 0. The van der Waals surface area contributed by atoms with Crippen molar-refractivity contribution in [2.24, 2.45) is 10.7 Å². The Hall–Kier alpha value is -3.92. The first-order chi connectivity index (χ1) is 16.5. The Labute approximate surface area is 194 Å². The number of anilines is 1. The number of amidine groups is 1. The fraction of sp³-hybridized carbons (Fsp3) is 0.250. The first-order valence-corrected chi connectivity index (χ1v) is 11.0. The summed E-state index contributed by atoms with van der Waals surface area (Å²) in [6.45, 7) is 4.52. The first kappa shape index (κ1) is 21.9. The zero-order valence-corrected chi connectivity index (χ0v) is 18.6. The van der Waals surface area contributed by atoms with Crippen LogP contribution in [0.5, 0.6) is 0 Å². The van der Waals surface area contributed by atoms with Crippen molar-refractivity contribution >= 4 is 39.8 Å². The number of benzene rings is 2. The van der Waals surface area contributed by atoms with Crippen molar-refractivity contribution in [2.45, 2.75) is 13.3 Å². The van der Waals surface area contributed by atoms with Crippen LogP contribution in [0.4, 0.5) is 14.5 Å². The molecule has 1 aliphatic rings. The number of pyridine rings is 1. The molecule has 174 valence electrons. The molecule has 1 fully saturated rings. The molecular weight excluding hydrogens is 440 g/mol. The molecule has 1 saturated heterocycles. The summed E-state index contributed by atoms with van der Waals surface area (Å²) in [5.41, 5.74) is 9.32. The zero-order chi connectivity index (χ0) is 23.8. The average Bonchev–Trinajstić information content (AvgIpc) is 3.24. The lowest BCUT2D eigenvalue weighted by Gasteiger charge is -2.29. The van der Waals surface area contributed by atoms with Crippen LogP contribution in [0.15, 0.2) is 41.5 Å². The van der Waals surface area contributed by atoms with Crippen molar-refractivity contribution in [3.8, 4) is 5.69 Å². The van der Waals surface area contributed by atoms with Crippen molar-refractivity contribution in [1.29, 1.82) is 5.41 Å². The third-order valence-electron chi connectivity index (χ3n) is 6.00. The summed E-state index contributed by atoms with van der Waals surface area (Å²) >= 11 is 0. The molecule has 2 aromatic carbocycles. The molecule has 8 nitrogen and oxygen atoms in total. The van der Waals surface area contributed by atoms with E-state index in [1.165, 1.54) is 6.20 Å². The van der Waals surface area contributed by atoms with Crippen molar-refractivity contribution in [3.63, 3.8) is 0 Å². The van der Waals surface area contributed by atoms with E-state index in [0.717, 1.165) is 24.2 Å². The molecule has 2 aromatic heterocycles. The number of aryl methyl sites for hydroxylation is 1. The van der Waals surface area contributed by atoms with Gasteiger partial charge in [-0.2, -0.15) is 0 Å². The molecule has 0 amide bonds. The minimum absolute atomic E-state index is 0.0455. The highest BCUT2D eigenvalue weighted by Crippen LogP contribution is 2.33. The Kier molecular flexibility index (Phi) is 5.66. The van der Waals surface area contributed by atoms with E-state index in [-0.39, 0.29) is 16.7 Å². The summed E-state index contributed by atoms with van der Waals surface area (Å²) in [6, 6.07) is 7.70. The maximum Gasteiger partial charge on any atom is 0.149 e. The SMILES string of the molecule is CCc1nc2c(C(N)=NC=N)cc(N3CCOCC3)cc2n1-c1ccnc2c(F)ccc(F)c12. The third-order valence-corrected chi connectivity index (χ3v) is 6.00. The van der Waals surface area contributed by atoms with Crippen LogP contribution in [-0.2, 0) is 11.2 Å². The molecule has 4 aromatic rings. The van der Waals surface area contributed by atoms with Crippen LogP contribution < -0.4 is 10.6 Å². The second kappa shape index (κ2) is 8.79. The molecule has 5 rings (SSSR count). The number of halogens is 2. The standard InChI is InChI=1S/C24H23F2N7O/c1-2-20-31-22-15(24(28)30-13-27)11-14(32-7-9-34-10-8-32)12-19(22)33(20)18-5-6-29-23-17(26)4-3-16(25)21(18)23/h3-6,11-13H,2,7-10H2,1H3,(H3,27,28,30). The van der Waals surface area contributed by atoms with Crippen LogP contribution in [0.3, 0.4) is 0 Å². The molecule has 3 N–H and O–H groups in total. The van der Waals surface area contributed by atoms with Gasteiger partial charge >= 0.3 is 0 Å². The van der Waals surface area contributed by atoms with Crippen LogP contribution in [0, 0.1) is 17.0 Å². The van der Waals surface area contributed by atoms with Gasteiger partial charge in [0.25, 0.3) is 0 Å². The van der Waals surface area contributed by atoms with Crippen LogP contribution in [0.1, 0.15) is 18.3 Å². The predicted octanol–water partition coefficient (Wildman–Crippen LogP) is 3.56. The van der Waals surface area contributed by atoms with E-state index < -0.39 is 11.6 Å². The lowest BCUT2D eigenvalue weighted by molar-refractivity contribution is 0.122. The van der Waals surface area contributed by atoms with Crippen molar-refractivity contribution in [2.75, 3.05) is 31.2 Å². The maximum atomic E-state index is 15.0. The number of imidazole rings is 1. The van der Waals surface area contributed by atoms with E-state index in [1.807, 2.05) is 23.6 Å². The molecule has 0 radical (unpaired) electrons. The Bertz CT molecular complexity index is 1440. The minimum Gasteiger partial charge on any atom is -0.383 e. The zero-order valence-electron chi connectivity index (χ0n) is 18.6. The average molecular weight is 463 g/mol. The Morgan fingerprint density at radius 2 is 1.94 bits per heavy atom. The second-order valence-corrected chi connectivity index (χ2v) is 7.90. The molecule has 0 saturated carbocycles. The highest BCUT2D eigenvalue weighted by atomic mass is 19.1. The van der Waals surface area contributed by atoms with Gasteiger partial charge in [0.05, 0.1) is 29.8 Å². The molecule has 0 aliphatic carbocycles. The maximum absolute atomic E-state index is 15.0. The molecule has 34 heavy (non-hydrogen) atoms. The third kappa shape index (κ3) is 3.56. The van der Waals surface area contributed by atoms with Gasteiger partial charge in [-0.05, 0) is 30.3 Å². The number of rotatable bonds is 5.